The van der Waals surface area contributed by atoms with Gasteiger partial charge < -0.3 is 9.97 Å². The molecule has 33 heavy (non-hydrogen) atoms. The Kier molecular flexibility index (Phi) is 10.1. The van der Waals surface area contributed by atoms with E-state index in [-0.39, 0.29) is 11.5 Å². The van der Waals surface area contributed by atoms with Crippen molar-refractivity contribution < 1.29 is 18.0 Å². The number of aromatic amines is 2. The van der Waals surface area contributed by atoms with E-state index in [1.165, 1.54) is 28.7 Å². The minimum atomic E-state index is -3.19. The van der Waals surface area contributed by atoms with Gasteiger partial charge >= 0.3 is 0 Å². The number of para-hydroxylation sites is 2. The third-order valence-electron chi connectivity index (χ3n) is 5.03. The van der Waals surface area contributed by atoms with Crippen molar-refractivity contribution in [3.05, 3.63) is 73.1 Å². The molecule has 2 N–H and O–H groups in total. The number of fused-ring (bicyclic) bond motifs is 2. The Balaban J connectivity index is 0.000000183. The number of ketones is 2. The number of carbonyl (C=O) groups excluding carboxylic acids is 2. The SMILES string of the molecule is CCCCS(=O)(=O)CC(C)C(=O)C(C)=O.c1ccc2[nH]ccc2c1.c1ccc2[nH]ccc2c1. The Hall–Kier alpha value is -3.19. The number of aromatic nitrogens is 2. The molecule has 2 aromatic carbocycles. The highest BCUT2D eigenvalue weighted by atomic mass is 32.2. The quantitative estimate of drug-likeness (QED) is 0.358. The van der Waals surface area contributed by atoms with Gasteiger partial charge in [-0.15, -0.1) is 0 Å². The lowest BCUT2D eigenvalue weighted by Gasteiger charge is -2.08. The van der Waals surface area contributed by atoms with Crippen LogP contribution in [0.4, 0.5) is 0 Å². The van der Waals surface area contributed by atoms with E-state index in [2.05, 4.69) is 46.4 Å². The molecule has 4 aromatic rings. The molecule has 0 radical (unpaired) electrons. The molecular weight excluding hydrogens is 436 g/mol. The van der Waals surface area contributed by atoms with Crippen molar-refractivity contribution in [2.45, 2.75) is 33.6 Å². The molecular formula is C26H32N2O4S. The first-order valence-electron chi connectivity index (χ1n) is 11.0. The summed E-state index contributed by atoms with van der Waals surface area (Å²) in [7, 11) is -3.19. The molecule has 0 spiro atoms. The summed E-state index contributed by atoms with van der Waals surface area (Å²) in [6, 6.07) is 20.6. The van der Waals surface area contributed by atoms with E-state index in [9.17, 15) is 18.0 Å². The Morgan fingerprint density at radius 3 is 1.76 bits per heavy atom. The summed E-state index contributed by atoms with van der Waals surface area (Å²) in [5, 5.41) is 2.55. The summed E-state index contributed by atoms with van der Waals surface area (Å²) in [6.07, 6.45) is 5.30. The zero-order valence-electron chi connectivity index (χ0n) is 19.4. The lowest BCUT2D eigenvalue weighted by molar-refractivity contribution is -0.137. The van der Waals surface area contributed by atoms with Crippen LogP contribution in [0.3, 0.4) is 0 Å². The zero-order chi connectivity index (χ0) is 24.3. The minimum Gasteiger partial charge on any atom is -0.361 e. The van der Waals surface area contributed by atoms with Crippen molar-refractivity contribution in [3.63, 3.8) is 0 Å². The highest BCUT2D eigenvalue weighted by Crippen LogP contribution is 2.10. The third kappa shape index (κ3) is 8.69. The number of carbonyl (C=O) groups is 2. The molecule has 2 heterocycles. The summed E-state index contributed by atoms with van der Waals surface area (Å²) in [5.41, 5.74) is 2.41. The normalized spacial score (nSPS) is 11.7. The zero-order valence-corrected chi connectivity index (χ0v) is 20.2. The van der Waals surface area contributed by atoms with E-state index in [1.807, 2.05) is 43.6 Å². The molecule has 0 amide bonds. The van der Waals surface area contributed by atoms with Crippen molar-refractivity contribution in [1.82, 2.24) is 9.97 Å². The second-order valence-electron chi connectivity index (χ2n) is 7.92. The maximum absolute atomic E-state index is 11.5. The number of hydrogen-bond donors (Lipinski definition) is 2. The molecule has 0 bridgehead atoms. The van der Waals surface area contributed by atoms with Crippen molar-refractivity contribution in [3.8, 4) is 0 Å². The predicted molar refractivity (Wildman–Crippen MR) is 135 cm³/mol. The third-order valence-corrected chi connectivity index (χ3v) is 6.95. The number of sulfone groups is 1. The van der Waals surface area contributed by atoms with Crippen molar-refractivity contribution in [2.24, 2.45) is 5.92 Å². The topological polar surface area (TPSA) is 99.9 Å². The molecule has 0 aliphatic rings. The van der Waals surface area contributed by atoms with Crippen LogP contribution in [0.1, 0.15) is 33.6 Å². The van der Waals surface area contributed by atoms with Gasteiger partial charge in [0, 0.05) is 36.3 Å². The van der Waals surface area contributed by atoms with Crippen LogP contribution in [0.15, 0.2) is 73.1 Å². The van der Waals surface area contributed by atoms with Crippen LogP contribution >= 0.6 is 0 Å². The summed E-state index contributed by atoms with van der Waals surface area (Å²) < 4.78 is 22.9. The lowest BCUT2D eigenvalue weighted by Crippen LogP contribution is -2.27. The average molecular weight is 469 g/mol. The molecule has 7 heteroatoms. The predicted octanol–water partition coefficient (Wildman–Crippen LogP) is 5.33. The molecule has 0 saturated carbocycles. The van der Waals surface area contributed by atoms with Crippen LogP contribution in [0.25, 0.3) is 21.8 Å². The molecule has 176 valence electrons. The maximum Gasteiger partial charge on any atom is 0.201 e. The fraction of sp³-hybridized carbons (Fsp3) is 0.308. The van der Waals surface area contributed by atoms with Gasteiger partial charge in [-0.05, 0) is 41.5 Å². The number of unbranched alkanes of at least 4 members (excludes halogenated alkanes) is 1. The number of benzene rings is 2. The van der Waals surface area contributed by atoms with Gasteiger partial charge in [0.15, 0.2) is 15.6 Å². The first-order chi connectivity index (χ1) is 15.7. The number of H-pyrrole nitrogens is 2. The van der Waals surface area contributed by atoms with Gasteiger partial charge in [0.2, 0.25) is 5.78 Å². The van der Waals surface area contributed by atoms with Crippen molar-refractivity contribution >= 4 is 43.2 Å². The first kappa shape index (κ1) is 26.1. The molecule has 1 atom stereocenters. The Morgan fingerprint density at radius 1 is 0.848 bits per heavy atom. The molecule has 0 saturated heterocycles. The van der Waals surface area contributed by atoms with E-state index < -0.39 is 27.3 Å². The van der Waals surface area contributed by atoms with E-state index in [4.69, 9.17) is 0 Å². The second kappa shape index (κ2) is 12.7. The molecule has 2 aromatic heterocycles. The first-order valence-corrected chi connectivity index (χ1v) is 12.8. The second-order valence-corrected chi connectivity index (χ2v) is 10.1. The fourth-order valence-electron chi connectivity index (χ4n) is 3.24. The van der Waals surface area contributed by atoms with E-state index in [0.29, 0.717) is 6.42 Å². The van der Waals surface area contributed by atoms with Crippen molar-refractivity contribution in [2.75, 3.05) is 11.5 Å². The van der Waals surface area contributed by atoms with Crippen LogP contribution in [-0.2, 0) is 19.4 Å². The summed E-state index contributed by atoms with van der Waals surface area (Å²) in [5.74, 6) is -2.02. The highest BCUT2D eigenvalue weighted by molar-refractivity contribution is 7.91. The van der Waals surface area contributed by atoms with Gasteiger partial charge in [-0.1, -0.05) is 56.7 Å². The molecule has 4 rings (SSSR count). The minimum absolute atomic E-state index is 0.0963. The summed E-state index contributed by atoms with van der Waals surface area (Å²) >= 11 is 0. The Labute approximate surface area is 195 Å². The van der Waals surface area contributed by atoms with Gasteiger partial charge in [-0.25, -0.2) is 8.42 Å². The van der Waals surface area contributed by atoms with E-state index in [0.717, 1.165) is 13.3 Å². The van der Waals surface area contributed by atoms with Crippen LogP contribution in [0.5, 0.6) is 0 Å². The van der Waals surface area contributed by atoms with Gasteiger partial charge in [-0.3, -0.25) is 9.59 Å². The Bertz CT molecular complexity index is 1150. The monoisotopic (exact) mass is 468 g/mol. The van der Waals surface area contributed by atoms with Crippen LogP contribution in [0, 0.1) is 5.92 Å². The molecule has 0 aliphatic carbocycles. The van der Waals surface area contributed by atoms with Gasteiger partial charge in [0.25, 0.3) is 0 Å². The lowest BCUT2D eigenvalue weighted by atomic mass is 10.1. The molecule has 6 nitrogen and oxygen atoms in total. The molecule has 1 unspecified atom stereocenters. The van der Waals surface area contributed by atoms with E-state index >= 15 is 0 Å². The largest absolute Gasteiger partial charge is 0.361 e. The fourth-order valence-corrected chi connectivity index (χ4v) is 5.05. The number of Topliss-reactive ketones (excluding diaryl/α,β-unsaturated/α-hetero) is 2. The van der Waals surface area contributed by atoms with E-state index in [1.54, 1.807) is 0 Å². The van der Waals surface area contributed by atoms with Crippen LogP contribution in [-0.4, -0.2) is 41.5 Å². The van der Waals surface area contributed by atoms with Crippen LogP contribution in [0.2, 0.25) is 0 Å². The number of hydrogen-bond acceptors (Lipinski definition) is 4. The summed E-state index contributed by atoms with van der Waals surface area (Å²) in [6.45, 7) is 4.55. The van der Waals surface area contributed by atoms with Gasteiger partial charge in [0.1, 0.15) is 0 Å². The number of nitrogens with one attached hydrogen (secondary N) is 2. The molecule has 0 fully saturated rings. The molecule has 0 aliphatic heterocycles. The van der Waals surface area contributed by atoms with Gasteiger partial charge in [-0.2, -0.15) is 0 Å². The standard InChI is InChI=1S/C10H18O4S.2C8H7N/c1-4-5-6-15(13,14)7-8(2)10(12)9(3)11;2*1-2-4-8-7(3-1)5-6-9-8/h8H,4-7H2,1-3H3;2*1-6,9H. The number of rotatable bonds is 7. The average Bonchev–Trinajstić information content (AvgIpc) is 3.47. The maximum atomic E-state index is 11.5. The highest BCUT2D eigenvalue weighted by Gasteiger charge is 2.23. The van der Waals surface area contributed by atoms with Crippen molar-refractivity contribution in [1.29, 1.82) is 0 Å². The van der Waals surface area contributed by atoms with Crippen LogP contribution < -0.4 is 0 Å². The van der Waals surface area contributed by atoms with Gasteiger partial charge in [0.05, 0.1) is 11.5 Å². The smallest absolute Gasteiger partial charge is 0.201 e. The summed E-state index contributed by atoms with van der Waals surface area (Å²) in [4.78, 5) is 28.2. The Morgan fingerprint density at radius 2 is 1.33 bits per heavy atom.